The van der Waals surface area contributed by atoms with Gasteiger partial charge in [-0.25, -0.2) is 4.39 Å². The maximum Gasteiger partial charge on any atom is 0.177 e. The number of benzene rings is 2. The molecule has 0 bridgehead atoms. The molecule has 1 atom stereocenters. The van der Waals surface area contributed by atoms with Crippen molar-refractivity contribution in [2.75, 3.05) is 25.1 Å². The third-order valence-electron chi connectivity index (χ3n) is 4.66. The van der Waals surface area contributed by atoms with Crippen molar-refractivity contribution in [3.8, 4) is 0 Å². The van der Waals surface area contributed by atoms with Crippen LogP contribution in [0.15, 0.2) is 42.5 Å². The van der Waals surface area contributed by atoms with E-state index in [0.29, 0.717) is 0 Å². The number of hydrogen-bond donors (Lipinski definition) is 2. The lowest BCUT2D eigenvalue weighted by molar-refractivity contribution is -0.927. The zero-order valence-corrected chi connectivity index (χ0v) is 15.6. The topological polar surface area (TPSA) is 19.7 Å². The number of nitrogens with zero attached hydrogens (tertiary/aromatic N) is 1. The highest BCUT2D eigenvalue weighted by atomic mass is 32.1. The zero-order valence-electron chi connectivity index (χ0n) is 14.8. The van der Waals surface area contributed by atoms with E-state index in [2.05, 4.69) is 42.3 Å². The van der Waals surface area contributed by atoms with Crippen molar-refractivity contribution < 1.29 is 9.29 Å². The molecular formula is C20H25FN3S+. The Labute approximate surface area is 154 Å². The molecule has 1 aliphatic rings. The van der Waals surface area contributed by atoms with Gasteiger partial charge < -0.3 is 15.1 Å². The molecule has 0 amide bonds. The van der Waals surface area contributed by atoms with Crippen molar-refractivity contribution in [2.24, 2.45) is 0 Å². The van der Waals surface area contributed by atoms with Gasteiger partial charge in [-0.2, -0.15) is 0 Å². The van der Waals surface area contributed by atoms with Crippen molar-refractivity contribution in [1.82, 2.24) is 4.90 Å². The number of thiocarbonyl (C=S) groups is 1. The lowest BCUT2D eigenvalue weighted by Crippen LogP contribution is -3.13. The molecule has 2 aromatic rings. The first kappa shape index (κ1) is 17.8. The number of halogens is 1. The maximum atomic E-state index is 13.1. The molecule has 5 heteroatoms. The van der Waals surface area contributed by atoms with E-state index < -0.39 is 0 Å². The van der Waals surface area contributed by atoms with Gasteiger partial charge in [-0.05, 0) is 55.4 Å². The molecule has 1 unspecified atom stereocenters. The van der Waals surface area contributed by atoms with Gasteiger partial charge in [0.05, 0.1) is 6.54 Å². The fourth-order valence-electron chi connectivity index (χ4n) is 3.22. The molecule has 2 aromatic carbocycles. The highest BCUT2D eigenvalue weighted by Crippen LogP contribution is 2.17. The van der Waals surface area contributed by atoms with Gasteiger partial charge in [0.25, 0.3) is 0 Å². The van der Waals surface area contributed by atoms with Crippen LogP contribution in [0.4, 0.5) is 10.1 Å². The van der Waals surface area contributed by atoms with Crippen LogP contribution in [0.2, 0.25) is 0 Å². The third-order valence-corrected chi connectivity index (χ3v) is 5.02. The van der Waals surface area contributed by atoms with Gasteiger partial charge in [-0.1, -0.05) is 24.3 Å². The van der Waals surface area contributed by atoms with Crippen LogP contribution in [0, 0.1) is 19.7 Å². The van der Waals surface area contributed by atoms with E-state index in [1.54, 1.807) is 0 Å². The lowest BCUT2D eigenvalue weighted by atomic mass is 10.1. The van der Waals surface area contributed by atoms with Gasteiger partial charge in [0.1, 0.15) is 12.4 Å². The molecule has 1 fully saturated rings. The monoisotopic (exact) mass is 358 g/mol. The summed E-state index contributed by atoms with van der Waals surface area (Å²) in [5.74, 6) is -0.182. The van der Waals surface area contributed by atoms with Crippen LogP contribution in [0.25, 0.3) is 0 Å². The molecule has 25 heavy (non-hydrogen) atoms. The molecule has 0 aromatic heterocycles. The quantitative estimate of drug-likeness (QED) is 0.823. The summed E-state index contributed by atoms with van der Waals surface area (Å²) in [5, 5.41) is 4.19. The Morgan fingerprint density at radius 1 is 1.20 bits per heavy atom. The Hall–Kier alpha value is -1.98. The number of nitrogens with one attached hydrogen (secondary N) is 2. The smallest absolute Gasteiger partial charge is 0.177 e. The number of rotatable bonds is 3. The minimum Gasteiger partial charge on any atom is -0.332 e. The predicted molar refractivity (Wildman–Crippen MR) is 104 cm³/mol. The standard InChI is InChI=1S/C20H24FN3S/c1-15-4-5-16(2)19(12-15)22-20(25)24-11-3-10-23(14-24)13-17-6-8-18(21)9-7-17/h4-9,12H,3,10-11,13-14H2,1-2H3,(H,22,25)/p+1. The Morgan fingerprint density at radius 2 is 1.96 bits per heavy atom. The van der Waals surface area contributed by atoms with Crippen LogP contribution in [0.5, 0.6) is 0 Å². The summed E-state index contributed by atoms with van der Waals surface area (Å²) in [6.45, 7) is 8.02. The van der Waals surface area contributed by atoms with Crippen LogP contribution in [-0.2, 0) is 6.54 Å². The van der Waals surface area contributed by atoms with Gasteiger partial charge in [0.15, 0.2) is 11.8 Å². The van der Waals surface area contributed by atoms with Gasteiger partial charge in [-0.3, -0.25) is 0 Å². The Morgan fingerprint density at radius 3 is 2.72 bits per heavy atom. The largest absolute Gasteiger partial charge is 0.332 e. The summed E-state index contributed by atoms with van der Waals surface area (Å²) < 4.78 is 13.1. The van der Waals surface area contributed by atoms with Crippen molar-refractivity contribution in [1.29, 1.82) is 0 Å². The lowest BCUT2D eigenvalue weighted by Gasteiger charge is -2.34. The van der Waals surface area contributed by atoms with E-state index in [1.807, 2.05) is 12.1 Å². The molecule has 1 saturated heterocycles. The summed E-state index contributed by atoms with van der Waals surface area (Å²) in [6, 6.07) is 13.2. The van der Waals surface area contributed by atoms with Crippen molar-refractivity contribution in [2.45, 2.75) is 26.8 Å². The third kappa shape index (κ3) is 4.77. The van der Waals surface area contributed by atoms with E-state index in [1.165, 1.54) is 28.2 Å². The fourth-order valence-corrected chi connectivity index (χ4v) is 3.49. The number of aryl methyl sites for hydroxylation is 2. The first-order valence-electron chi connectivity index (χ1n) is 8.72. The molecule has 3 nitrogen and oxygen atoms in total. The second-order valence-corrected chi connectivity index (χ2v) is 7.21. The summed E-state index contributed by atoms with van der Waals surface area (Å²) in [7, 11) is 0. The maximum absolute atomic E-state index is 13.1. The first-order chi connectivity index (χ1) is 12.0. The average Bonchev–Trinajstić information content (AvgIpc) is 2.60. The van der Waals surface area contributed by atoms with Gasteiger partial charge in [0, 0.05) is 24.2 Å². The molecule has 3 rings (SSSR count). The molecule has 0 saturated carbocycles. The second-order valence-electron chi connectivity index (χ2n) is 6.83. The summed E-state index contributed by atoms with van der Waals surface area (Å²) in [5.41, 5.74) is 4.65. The number of anilines is 1. The predicted octanol–water partition coefficient (Wildman–Crippen LogP) is 2.89. The number of hydrogen-bond acceptors (Lipinski definition) is 1. The van der Waals surface area contributed by atoms with E-state index in [0.717, 1.165) is 49.1 Å². The van der Waals surface area contributed by atoms with Crippen molar-refractivity contribution in [3.05, 3.63) is 65.0 Å². The molecule has 0 aliphatic carbocycles. The SMILES string of the molecule is Cc1ccc(C)c(NC(=S)N2CCC[NH+](Cc3ccc(F)cc3)C2)c1. The Balaban J connectivity index is 1.61. The minimum absolute atomic E-state index is 0.182. The highest BCUT2D eigenvalue weighted by Gasteiger charge is 2.23. The molecular weight excluding hydrogens is 333 g/mol. The van der Waals surface area contributed by atoms with Crippen LogP contribution < -0.4 is 10.2 Å². The van der Waals surface area contributed by atoms with Crippen molar-refractivity contribution in [3.63, 3.8) is 0 Å². The first-order valence-corrected chi connectivity index (χ1v) is 9.13. The second kappa shape index (κ2) is 7.93. The highest BCUT2D eigenvalue weighted by molar-refractivity contribution is 7.80. The van der Waals surface area contributed by atoms with Crippen molar-refractivity contribution >= 4 is 23.0 Å². The molecule has 132 valence electrons. The van der Waals surface area contributed by atoms with E-state index in [-0.39, 0.29) is 5.82 Å². The molecule has 2 N–H and O–H groups in total. The molecule has 0 radical (unpaired) electrons. The molecule has 0 spiro atoms. The Bertz CT molecular complexity index is 745. The van der Waals surface area contributed by atoms with Crippen LogP contribution >= 0.6 is 12.2 Å². The molecule has 1 heterocycles. The van der Waals surface area contributed by atoms with Gasteiger partial charge >= 0.3 is 0 Å². The van der Waals surface area contributed by atoms with Crippen LogP contribution in [0.3, 0.4) is 0 Å². The average molecular weight is 359 g/mol. The van der Waals surface area contributed by atoms with E-state index in [9.17, 15) is 4.39 Å². The number of quaternary nitrogens is 1. The minimum atomic E-state index is -0.182. The zero-order chi connectivity index (χ0) is 17.8. The summed E-state index contributed by atoms with van der Waals surface area (Å²) in [6.07, 6.45) is 1.10. The molecule has 1 aliphatic heterocycles. The van der Waals surface area contributed by atoms with Gasteiger partial charge in [-0.15, -0.1) is 0 Å². The van der Waals surface area contributed by atoms with Crippen LogP contribution in [0.1, 0.15) is 23.1 Å². The fraction of sp³-hybridized carbons (Fsp3) is 0.350. The Kier molecular flexibility index (Phi) is 5.66. The normalized spacial score (nSPS) is 17.4. The van der Waals surface area contributed by atoms with E-state index in [4.69, 9.17) is 12.2 Å². The summed E-state index contributed by atoms with van der Waals surface area (Å²) in [4.78, 5) is 3.68. The van der Waals surface area contributed by atoms with Gasteiger partial charge in [0.2, 0.25) is 0 Å². The van der Waals surface area contributed by atoms with E-state index >= 15 is 0 Å². The van der Waals surface area contributed by atoms with Crippen LogP contribution in [-0.4, -0.2) is 29.8 Å². The summed E-state index contributed by atoms with van der Waals surface area (Å²) >= 11 is 5.65.